The predicted molar refractivity (Wildman–Crippen MR) is 97.5 cm³/mol. The smallest absolute Gasteiger partial charge is 0.346 e. The van der Waals surface area contributed by atoms with E-state index in [1.54, 1.807) is 44.4 Å². The van der Waals surface area contributed by atoms with Gasteiger partial charge in [0.05, 0.1) is 17.8 Å². The molecule has 6 nitrogen and oxygen atoms in total. The summed E-state index contributed by atoms with van der Waals surface area (Å²) in [4.78, 5) is 24.9. The van der Waals surface area contributed by atoms with Crippen LogP contribution in [0.4, 0.5) is 4.79 Å². The monoisotopic (exact) mass is 401 g/mol. The average molecular weight is 402 g/mol. The number of benzene rings is 2. The third-order valence-corrected chi connectivity index (χ3v) is 4.64. The average Bonchev–Trinajstić information content (AvgIpc) is 2.84. The maximum atomic E-state index is 12.7. The van der Waals surface area contributed by atoms with Gasteiger partial charge in [-0.25, -0.2) is 4.79 Å². The van der Waals surface area contributed by atoms with Crippen molar-refractivity contribution >= 4 is 34.1 Å². The Morgan fingerprint density at radius 2 is 1.92 bits per heavy atom. The van der Waals surface area contributed by atoms with Gasteiger partial charge in [0.1, 0.15) is 11.3 Å². The minimum atomic E-state index is -1.13. The molecule has 1 saturated heterocycles. The topological polar surface area (TPSA) is 71.0 Å². The van der Waals surface area contributed by atoms with Crippen molar-refractivity contribution < 1.29 is 14.3 Å². The van der Waals surface area contributed by atoms with Crippen LogP contribution in [-0.2, 0) is 10.3 Å². The molecule has 0 aromatic heterocycles. The third kappa shape index (κ3) is 3.15. The molecule has 1 fully saturated rings. The highest BCUT2D eigenvalue weighted by atomic mass is 79.9. The van der Waals surface area contributed by atoms with Crippen molar-refractivity contribution in [3.05, 3.63) is 64.1 Å². The SMILES string of the molecule is COc1ccc(/C=N\N2C(=O)N[C@](C)(c3ccccc3)C2=O)cc1Br. The molecule has 1 aliphatic rings. The highest BCUT2D eigenvalue weighted by molar-refractivity contribution is 9.10. The summed E-state index contributed by atoms with van der Waals surface area (Å²) >= 11 is 3.39. The first-order valence-electron chi connectivity index (χ1n) is 7.55. The van der Waals surface area contributed by atoms with Crippen LogP contribution in [0, 0.1) is 0 Å². The number of hydrogen-bond acceptors (Lipinski definition) is 4. The Morgan fingerprint density at radius 1 is 1.20 bits per heavy atom. The van der Waals surface area contributed by atoms with Crippen molar-refractivity contribution in [1.29, 1.82) is 0 Å². The van der Waals surface area contributed by atoms with Gasteiger partial charge in [-0.05, 0) is 52.2 Å². The second-order valence-electron chi connectivity index (χ2n) is 5.68. The maximum absolute atomic E-state index is 12.7. The first kappa shape index (κ1) is 17.2. The summed E-state index contributed by atoms with van der Waals surface area (Å²) in [7, 11) is 1.57. The fraction of sp³-hybridized carbons (Fsp3) is 0.167. The minimum Gasteiger partial charge on any atom is -0.496 e. The molecule has 1 aliphatic heterocycles. The van der Waals surface area contributed by atoms with Crippen molar-refractivity contribution in [1.82, 2.24) is 10.3 Å². The fourth-order valence-corrected chi connectivity index (χ4v) is 3.14. The van der Waals surface area contributed by atoms with Crippen molar-refractivity contribution in [3.63, 3.8) is 0 Å². The highest BCUT2D eigenvalue weighted by Gasteiger charge is 2.49. The highest BCUT2D eigenvalue weighted by Crippen LogP contribution is 2.29. The molecule has 1 heterocycles. The van der Waals surface area contributed by atoms with Gasteiger partial charge in [-0.1, -0.05) is 30.3 Å². The summed E-state index contributed by atoms with van der Waals surface area (Å²) in [5.41, 5.74) is 0.302. The summed E-state index contributed by atoms with van der Waals surface area (Å²) < 4.78 is 5.92. The molecule has 7 heteroatoms. The molecule has 3 rings (SSSR count). The molecule has 1 atom stereocenters. The van der Waals surface area contributed by atoms with E-state index in [-0.39, 0.29) is 0 Å². The number of carbonyl (C=O) groups is 2. The van der Waals surface area contributed by atoms with E-state index in [0.717, 1.165) is 15.0 Å². The first-order chi connectivity index (χ1) is 12.0. The molecular weight excluding hydrogens is 386 g/mol. The molecule has 0 radical (unpaired) electrons. The van der Waals surface area contributed by atoms with Gasteiger partial charge < -0.3 is 10.1 Å². The summed E-state index contributed by atoms with van der Waals surface area (Å²) in [6.45, 7) is 1.67. The van der Waals surface area contributed by atoms with Crippen LogP contribution in [0.5, 0.6) is 5.75 Å². The maximum Gasteiger partial charge on any atom is 0.346 e. The standard InChI is InChI=1S/C18H16BrN3O3/c1-18(13-6-4-3-5-7-13)16(23)22(17(24)21-18)20-11-12-8-9-15(25-2)14(19)10-12/h3-11H,1-2H3,(H,21,24)/b20-11-/t18-/m1/s1. The van der Waals surface area contributed by atoms with E-state index in [0.29, 0.717) is 11.3 Å². The quantitative estimate of drug-likeness (QED) is 0.631. The van der Waals surface area contributed by atoms with Gasteiger partial charge in [-0.3, -0.25) is 4.79 Å². The Morgan fingerprint density at radius 3 is 2.56 bits per heavy atom. The van der Waals surface area contributed by atoms with Gasteiger partial charge in [0.25, 0.3) is 5.91 Å². The molecule has 3 amide bonds. The number of carbonyl (C=O) groups excluding carboxylic acids is 2. The molecule has 128 valence electrons. The second-order valence-corrected chi connectivity index (χ2v) is 6.53. The number of rotatable bonds is 4. The molecule has 1 N–H and O–H groups in total. The van der Waals surface area contributed by atoms with Crippen molar-refractivity contribution in [2.45, 2.75) is 12.5 Å². The summed E-state index contributed by atoms with van der Waals surface area (Å²) in [6, 6.07) is 13.9. The second kappa shape index (κ2) is 6.68. The van der Waals surface area contributed by atoms with Gasteiger partial charge in [0.15, 0.2) is 0 Å². The van der Waals surface area contributed by atoms with Crippen LogP contribution in [0.25, 0.3) is 0 Å². The summed E-state index contributed by atoms with van der Waals surface area (Å²) in [5, 5.41) is 7.62. The van der Waals surface area contributed by atoms with Gasteiger partial charge in [-0.15, -0.1) is 5.01 Å². The molecule has 0 unspecified atom stereocenters. The van der Waals surface area contributed by atoms with Gasteiger partial charge >= 0.3 is 6.03 Å². The molecule has 0 aliphatic carbocycles. The summed E-state index contributed by atoms with van der Waals surface area (Å²) in [5.74, 6) is 0.260. The molecule has 0 bridgehead atoms. The Balaban J connectivity index is 1.85. The van der Waals surface area contributed by atoms with Crippen LogP contribution in [-0.4, -0.2) is 30.3 Å². The number of halogens is 1. The van der Waals surface area contributed by atoms with Gasteiger partial charge in [-0.2, -0.15) is 5.10 Å². The number of hydrogen-bond donors (Lipinski definition) is 1. The Labute approximate surface area is 153 Å². The molecule has 2 aromatic rings. The first-order valence-corrected chi connectivity index (χ1v) is 8.35. The predicted octanol–water partition coefficient (Wildman–Crippen LogP) is 3.26. The molecule has 0 saturated carbocycles. The van der Waals surface area contributed by atoms with E-state index in [1.807, 2.05) is 18.2 Å². The Hall–Kier alpha value is -2.67. The van der Waals surface area contributed by atoms with Crippen LogP contribution < -0.4 is 10.1 Å². The zero-order chi connectivity index (χ0) is 18.0. The number of imide groups is 1. The molecule has 2 aromatic carbocycles. The van der Waals surface area contributed by atoms with Crippen LogP contribution in [0.15, 0.2) is 58.1 Å². The van der Waals surface area contributed by atoms with E-state index in [1.165, 1.54) is 6.21 Å². The molecular formula is C18H16BrN3O3. The van der Waals surface area contributed by atoms with Crippen LogP contribution in [0.1, 0.15) is 18.1 Å². The minimum absolute atomic E-state index is 0.424. The normalized spacial score (nSPS) is 20.2. The van der Waals surface area contributed by atoms with Crippen molar-refractivity contribution in [2.75, 3.05) is 7.11 Å². The number of hydrazone groups is 1. The van der Waals surface area contributed by atoms with Crippen molar-refractivity contribution in [2.24, 2.45) is 5.10 Å². The lowest BCUT2D eigenvalue weighted by Gasteiger charge is -2.20. The van der Waals surface area contributed by atoms with Crippen LogP contribution >= 0.6 is 15.9 Å². The van der Waals surface area contributed by atoms with E-state index in [2.05, 4.69) is 26.3 Å². The van der Waals surface area contributed by atoms with E-state index in [9.17, 15) is 9.59 Å². The van der Waals surface area contributed by atoms with Crippen LogP contribution in [0.3, 0.4) is 0 Å². The van der Waals surface area contributed by atoms with E-state index in [4.69, 9.17) is 4.74 Å². The lowest BCUT2D eigenvalue weighted by atomic mass is 9.92. The van der Waals surface area contributed by atoms with Gasteiger partial charge in [0.2, 0.25) is 0 Å². The number of ether oxygens (including phenoxy) is 1. The largest absolute Gasteiger partial charge is 0.496 e. The fourth-order valence-electron chi connectivity index (χ4n) is 2.58. The number of amides is 3. The van der Waals surface area contributed by atoms with Gasteiger partial charge in [0, 0.05) is 0 Å². The third-order valence-electron chi connectivity index (χ3n) is 4.02. The van der Waals surface area contributed by atoms with Crippen LogP contribution in [0.2, 0.25) is 0 Å². The number of urea groups is 1. The zero-order valence-corrected chi connectivity index (χ0v) is 15.3. The summed E-state index contributed by atoms with van der Waals surface area (Å²) in [6.07, 6.45) is 1.46. The van der Waals surface area contributed by atoms with Crippen molar-refractivity contribution in [3.8, 4) is 5.75 Å². The lowest BCUT2D eigenvalue weighted by Crippen LogP contribution is -2.40. The molecule has 0 spiro atoms. The lowest BCUT2D eigenvalue weighted by molar-refractivity contribution is -0.131. The number of nitrogens with one attached hydrogen (secondary N) is 1. The Kier molecular flexibility index (Phi) is 4.59. The number of nitrogens with zero attached hydrogens (tertiary/aromatic N) is 2. The van der Waals surface area contributed by atoms with E-state index >= 15 is 0 Å². The Bertz CT molecular complexity index is 854. The zero-order valence-electron chi connectivity index (χ0n) is 13.7. The van der Waals surface area contributed by atoms with E-state index < -0.39 is 17.5 Å². The number of methoxy groups -OCH3 is 1. The molecule has 25 heavy (non-hydrogen) atoms.